The van der Waals surface area contributed by atoms with E-state index in [1.807, 2.05) is 38.1 Å². The van der Waals surface area contributed by atoms with Gasteiger partial charge in [-0.05, 0) is 49.2 Å². The molecule has 1 aliphatic heterocycles. The average molecular weight is 409 g/mol. The number of ether oxygens (including phenoxy) is 1. The van der Waals surface area contributed by atoms with Gasteiger partial charge in [-0.1, -0.05) is 25.1 Å². The molecule has 0 saturated carbocycles. The number of hydrogen-bond acceptors (Lipinski definition) is 4. The first-order valence-corrected chi connectivity index (χ1v) is 10.2. The zero-order valence-electron chi connectivity index (χ0n) is 17.3. The van der Waals surface area contributed by atoms with Crippen molar-refractivity contribution in [2.75, 3.05) is 29.9 Å². The van der Waals surface area contributed by atoms with Gasteiger partial charge in [0, 0.05) is 30.9 Å². The van der Waals surface area contributed by atoms with Crippen LogP contribution in [0.15, 0.2) is 48.5 Å². The molecule has 1 aliphatic rings. The van der Waals surface area contributed by atoms with Gasteiger partial charge in [0.25, 0.3) is 5.91 Å². The van der Waals surface area contributed by atoms with Crippen LogP contribution in [0.25, 0.3) is 0 Å². The van der Waals surface area contributed by atoms with Gasteiger partial charge in [0.1, 0.15) is 5.75 Å². The fourth-order valence-electron chi connectivity index (χ4n) is 3.47. The highest BCUT2D eigenvalue weighted by atomic mass is 16.5. The predicted molar refractivity (Wildman–Crippen MR) is 116 cm³/mol. The van der Waals surface area contributed by atoms with Crippen molar-refractivity contribution in [1.29, 1.82) is 0 Å². The Kier molecular flexibility index (Phi) is 7.06. The molecule has 0 aliphatic carbocycles. The molecule has 3 amide bonds. The first-order valence-electron chi connectivity index (χ1n) is 10.2. The molecule has 2 aromatic rings. The number of rotatable bonds is 8. The van der Waals surface area contributed by atoms with Crippen LogP contribution < -0.4 is 20.3 Å². The maximum Gasteiger partial charge on any atom is 0.257 e. The van der Waals surface area contributed by atoms with Crippen LogP contribution in [0.3, 0.4) is 0 Å². The first kappa shape index (κ1) is 21.4. The number of amides is 3. The Hall–Kier alpha value is -3.35. The van der Waals surface area contributed by atoms with Crippen molar-refractivity contribution in [3.63, 3.8) is 0 Å². The van der Waals surface area contributed by atoms with E-state index < -0.39 is 5.92 Å². The number of likely N-dealkylation sites (N-methyl/N-ethyl adjacent to an activating group) is 1. The summed E-state index contributed by atoms with van der Waals surface area (Å²) >= 11 is 0. The van der Waals surface area contributed by atoms with Crippen LogP contribution in [0.2, 0.25) is 0 Å². The largest absolute Gasteiger partial charge is 0.484 e. The van der Waals surface area contributed by atoms with Crippen LogP contribution in [0, 0.1) is 5.92 Å². The minimum Gasteiger partial charge on any atom is -0.484 e. The van der Waals surface area contributed by atoms with E-state index in [-0.39, 0.29) is 30.7 Å². The van der Waals surface area contributed by atoms with Gasteiger partial charge in [-0.2, -0.15) is 0 Å². The number of benzene rings is 2. The summed E-state index contributed by atoms with van der Waals surface area (Å²) in [5.74, 6) is -0.273. The lowest BCUT2D eigenvalue weighted by Gasteiger charge is -2.20. The number of para-hydroxylation sites is 1. The molecular formula is C23H27N3O4. The second-order valence-corrected chi connectivity index (χ2v) is 7.14. The molecule has 158 valence electrons. The van der Waals surface area contributed by atoms with Gasteiger partial charge in [0.15, 0.2) is 6.61 Å². The van der Waals surface area contributed by atoms with Crippen molar-refractivity contribution in [3.8, 4) is 5.75 Å². The third kappa shape index (κ3) is 5.17. The number of nitrogens with zero attached hydrogens (tertiary/aromatic N) is 1. The van der Waals surface area contributed by atoms with Gasteiger partial charge < -0.3 is 20.3 Å². The zero-order valence-corrected chi connectivity index (χ0v) is 17.3. The molecule has 0 aromatic heterocycles. The normalized spacial score (nSPS) is 15.7. The molecule has 7 heteroatoms. The Morgan fingerprint density at radius 3 is 2.53 bits per heavy atom. The SMILES string of the molecule is CCNC(=O)COc1ccc(NC(=O)C2CC(=O)N(c3ccccc3CC)C2)cc1. The topological polar surface area (TPSA) is 87.7 Å². The van der Waals surface area contributed by atoms with Crippen LogP contribution in [0.1, 0.15) is 25.8 Å². The molecule has 0 radical (unpaired) electrons. The average Bonchev–Trinajstić information content (AvgIpc) is 3.15. The molecule has 30 heavy (non-hydrogen) atoms. The fraction of sp³-hybridized carbons (Fsp3) is 0.348. The fourth-order valence-corrected chi connectivity index (χ4v) is 3.47. The second-order valence-electron chi connectivity index (χ2n) is 7.14. The van der Waals surface area contributed by atoms with Crippen LogP contribution in [-0.4, -0.2) is 37.4 Å². The van der Waals surface area contributed by atoms with E-state index in [1.165, 1.54) is 0 Å². The summed E-state index contributed by atoms with van der Waals surface area (Å²) in [6.07, 6.45) is 1.02. The van der Waals surface area contributed by atoms with Crippen molar-refractivity contribution in [1.82, 2.24) is 5.32 Å². The maximum absolute atomic E-state index is 12.7. The summed E-state index contributed by atoms with van der Waals surface area (Å²) in [5, 5.41) is 5.52. The van der Waals surface area contributed by atoms with Gasteiger partial charge in [-0.3, -0.25) is 14.4 Å². The molecule has 2 aromatic carbocycles. The van der Waals surface area contributed by atoms with Crippen molar-refractivity contribution >= 4 is 29.1 Å². The smallest absolute Gasteiger partial charge is 0.257 e. The van der Waals surface area contributed by atoms with Gasteiger partial charge in [0.2, 0.25) is 11.8 Å². The third-order valence-corrected chi connectivity index (χ3v) is 5.02. The van der Waals surface area contributed by atoms with Gasteiger partial charge >= 0.3 is 0 Å². The summed E-state index contributed by atoms with van der Waals surface area (Å²) in [7, 11) is 0. The predicted octanol–water partition coefficient (Wildman–Crippen LogP) is 2.76. The van der Waals surface area contributed by atoms with E-state index in [4.69, 9.17) is 4.74 Å². The van der Waals surface area contributed by atoms with E-state index in [0.717, 1.165) is 17.7 Å². The Balaban J connectivity index is 1.57. The monoisotopic (exact) mass is 409 g/mol. The van der Waals surface area contributed by atoms with E-state index in [0.29, 0.717) is 24.5 Å². The van der Waals surface area contributed by atoms with Crippen molar-refractivity contribution in [3.05, 3.63) is 54.1 Å². The molecule has 0 bridgehead atoms. The number of aryl methyl sites for hydroxylation is 1. The number of anilines is 2. The molecular weight excluding hydrogens is 382 g/mol. The zero-order chi connectivity index (χ0) is 21.5. The van der Waals surface area contributed by atoms with E-state index in [9.17, 15) is 14.4 Å². The number of carbonyl (C=O) groups is 3. The Labute approximate surface area is 176 Å². The number of carbonyl (C=O) groups excluding carboxylic acids is 3. The molecule has 0 spiro atoms. The molecule has 3 rings (SSSR count). The van der Waals surface area contributed by atoms with Gasteiger partial charge in [-0.15, -0.1) is 0 Å². The molecule has 2 N–H and O–H groups in total. The van der Waals surface area contributed by atoms with Gasteiger partial charge in [-0.25, -0.2) is 0 Å². The summed E-state index contributed by atoms with van der Waals surface area (Å²) < 4.78 is 5.40. The lowest BCUT2D eigenvalue weighted by molar-refractivity contribution is -0.123. The van der Waals surface area contributed by atoms with Crippen molar-refractivity contribution in [2.45, 2.75) is 26.7 Å². The number of nitrogens with one attached hydrogen (secondary N) is 2. The lowest BCUT2D eigenvalue weighted by atomic mass is 10.1. The quantitative estimate of drug-likeness (QED) is 0.702. The van der Waals surface area contributed by atoms with Crippen LogP contribution in [0.5, 0.6) is 5.75 Å². The molecule has 1 atom stereocenters. The van der Waals surface area contributed by atoms with Crippen LogP contribution >= 0.6 is 0 Å². The molecule has 1 saturated heterocycles. The van der Waals surface area contributed by atoms with Crippen molar-refractivity contribution in [2.24, 2.45) is 5.92 Å². The highest BCUT2D eigenvalue weighted by Crippen LogP contribution is 2.29. The Morgan fingerprint density at radius 1 is 1.10 bits per heavy atom. The summed E-state index contributed by atoms with van der Waals surface area (Å²) in [4.78, 5) is 38.4. The lowest BCUT2D eigenvalue weighted by Crippen LogP contribution is -2.28. The van der Waals surface area contributed by atoms with E-state index >= 15 is 0 Å². The molecule has 7 nitrogen and oxygen atoms in total. The van der Waals surface area contributed by atoms with Crippen LogP contribution in [0.4, 0.5) is 11.4 Å². The Bertz CT molecular complexity index is 911. The van der Waals surface area contributed by atoms with E-state index in [2.05, 4.69) is 10.6 Å². The van der Waals surface area contributed by atoms with Crippen LogP contribution in [-0.2, 0) is 20.8 Å². The Morgan fingerprint density at radius 2 is 1.83 bits per heavy atom. The second kappa shape index (κ2) is 9.91. The maximum atomic E-state index is 12.7. The standard InChI is InChI=1S/C23H27N3O4/c1-3-16-7-5-6-8-20(16)26-14-17(13-22(26)28)23(29)25-18-9-11-19(12-10-18)30-15-21(27)24-4-2/h5-12,17H,3-4,13-15H2,1-2H3,(H,24,27)(H,25,29). The number of hydrogen-bond donors (Lipinski definition) is 2. The minimum absolute atomic E-state index is 0.0369. The summed E-state index contributed by atoms with van der Waals surface area (Å²) in [6, 6.07) is 14.6. The summed E-state index contributed by atoms with van der Waals surface area (Å²) in [6.45, 7) is 4.76. The minimum atomic E-state index is -0.406. The highest BCUT2D eigenvalue weighted by molar-refractivity contribution is 6.03. The summed E-state index contributed by atoms with van der Waals surface area (Å²) in [5.41, 5.74) is 2.59. The molecule has 1 heterocycles. The van der Waals surface area contributed by atoms with E-state index in [1.54, 1.807) is 29.2 Å². The third-order valence-electron chi connectivity index (χ3n) is 5.02. The molecule has 1 unspecified atom stereocenters. The first-order chi connectivity index (χ1) is 14.5. The highest BCUT2D eigenvalue weighted by Gasteiger charge is 2.35. The van der Waals surface area contributed by atoms with Crippen molar-refractivity contribution < 1.29 is 19.1 Å². The van der Waals surface area contributed by atoms with Gasteiger partial charge in [0.05, 0.1) is 5.92 Å². The molecule has 1 fully saturated rings.